The molecule has 0 radical (unpaired) electrons. The van der Waals surface area contributed by atoms with Gasteiger partial charge in [0.25, 0.3) is 0 Å². The zero-order valence-corrected chi connectivity index (χ0v) is 19.5. The lowest BCUT2D eigenvalue weighted by molar-refractivity contribution is -0.139. The van der Waals surface area contributed by atoms with Crippen molar-refractivity contribution in [3.8, 4) is 5.75 Å². The lowest BCUT2D eigenvalue weighted by Gasteiger charge is -2.19. The number of nitrogens with zero attached hydrogens (tertiary/aromatic N) is 2. The molecule has 2 saturated heterocycles. The van der Waals surface area contributed by atoms with Gasteiger partial charge in [-0.2, -0.15) is 0 Å². The molecule has 3 unspecified atom stereocenters. The molecule has 0 aromatic heterocycles. The summed E-state index contributed by atoms with van der Waals surface area (Å²) in [5, 5.41) is 0. The second kappa shape index (κ2) is 8.70. The van der Waals surface area contributed by atoms with Crippen molar-refractivity contribution >= 4 is 35.1 Å². The van der Waals surface area contributed by atoms with Gasteiger partial charge >= 0.3 is 5.97 Å². The van der Waals surface area contributed by atoms with Crippen molar-refractivity contribution in [1.82, 2.24) is 0 Å². The molecule has 176 valence electrons. The topological polar surface area (TPSA) is 84.0 Å². The highest BCUT2D eigenvalue weighted by Gasteiger charge is 2.49. The second-order valence-corrected chi connectivity index (χ2v) is 9.62. The highest BCUT2D eigenvalue weighted by Crippen LogP contribution is 2.41. The minimum atomic E-state index is -0.557. The Hall–Kier alpha value is -3.48. The van der Waals surface area contributed by atoms with Gasteiger partial charge in [0.2, 0.25) is 17.7 Å². The van der Waals surface area contributed by atoms with Gasteiger partial charge in [-0.1, -0.05) is 30.5 Å². The lowest BCUT2D eigenvalue weighted by atomic mass is 9.81. The Balaban J connectivity index is 1.28. The molecule has 0 spiro atoms. The predicted octanol–water partition coefficient (Wildman–Crippen LogP) is 3.94. The van der Waals surface area contributed by atoms with Crippen molar-refractivity contribution in [3.63, 3.8) is 0 Å². The third-order valence-electron chi connectivity index (χ3n) is 7.27. The van der Waals surface area contributed by atoms with Gasteiger partial charge < -0.3 is 9.64 Å². The molecule has 0 N–H and O–H groups in total. The summed E-state index contributed by atoms with van der Waals surface area (Å²) in [4.78, 5) is 54.1. The van der Waals surface area contributed by atoms with Gasteiger partial charge in [0.1, 0.15) is 5.75 Å². The van der Waals surface area contributed by atoms with Crippen LogP contribution in [0.25, 0.3) is 0 Å². The number of esters is 1. The number of rotatable bonds is 4. The maximum atomic E-state index is 12.9. The molecular formula is C27H28N2O5. The highest BCUT2D eigenvalue weighted by atomic mass is 16.5. The minimum absolute atomic E-state index is 0.101. The third-order valence-corrected chi connectivity index (χ3v) is 7.27. The fraction of sp³-hybridized carbons (Fsp3) is 0.407. The van der Waals surface area contributed by atoms with Crippen LogP contribution in [0.1, 0.15) is 43.2 Å². The smallest absolute Gasteiger partial charge is 0.316 e. The molecule has 7 heteroatoms. The Labute approximate surface area is 198 Å². The Bertz CT molecular complexity index is 1150. The van der Waals surface area contributed by atoms with Gasteiger partial charge in [-0.15, -0.1) is 0 Å². The van der Waals surface area contributed by atoms with Crippen LogP contribution in [0.3, 0.4) is 0 Å². The van der Waals surface area contributed by atoms with Gasteiger partial charge in [0.15, 0.2) is 0 Å². The molecular weight excluding hydrogens is 432 g/mol. The van der Waals surface area contributed by atoms with Crippen molar-refractivity contribution in [3.05, 3.63) is 53.6 Å². The van der Waals surface area contributed by atoms with Crippen LogP contribution >= 0.6 is 0 Å². The maximum Gasteiger partial charge on any atom is 0.316 e. The van der Waals surface area contributed by atoms with E-state index in [1.807, 2.05) is 31.2 Å². The van der Waals surface area contributed by atoms with Crippen LogP contribution in [0.15, 0.2) is 42.5 Å². The van der Waals surface area contributed by atoms with E-state index in [-0.39, 0.29) is 42.5 Å². The first-order valence-corrected chi connectivity index (χ1v) is 11.9. The highest BCUT2D eigenvalue weighted by molar-refractivity contribution is 6.22. The number of hydrogen-bond donors (Lipinski definition) is 0. The summed E-state index contributed by atoms with van der Waals surface area (Å²) >= 11 is 0. The zero-order valence-electron chi connectivity index (χ0n) is 19.5. The van der Waals surface area contributed by atoms with Gasteiger partial charge in [-0.25, -0.2) is 4.90 Å². The lowest BCUT2D eigenvalue weighted by Crippen LogP contribution is -2.31. The number of amides is 3. The Morgan fingerprint density at radius 2 is 1.56 bits per heavy atom. The van der Waals surface area contributed by atoms with E-state index in [2.05, 4.69) is 0 Å². The third kappa shape index (κ3) is 3.89. The largest absolute Gasteiger partial charge is 0.426 e. The molecule has 5 rings (SSSR count). The molecule has 7 nitrogen and oxygen atoms in total. The number of anilines is 2. The van der Waals surface area contributed by atoms with E-state index in [0.29, 0.717) is 17.0 Å². The number of aryl methyl sites for hydroxylation is 2. The number of benzene rings is 2. The van der Waals surface area contributed by atoms with Gasteiger partial charge in [-0.3, -0.25) is 19.2 Å². The summed E-state index contributed by atoms with van der Waals surface area (Å²) in [5.74, 6) is -1.46. The fourth-order valence-electron chi connectivity index (χ4n) is 5.38. The second-order valence-electron chi connectivity index (χ2n) is 9.62. The number of ether oxygens (including phenoxy) is 1. The number of carbonyl (C=O) groups is 4. The number of fused-ring (bicyclic) bond motifs is 1. The van der Waals surface area contributed by atoms with E-state index in [0.717, 1.165) is 36.9 Å². The van der Waals surface area contributed by atoms with Crippen molar-refractivity contribution in [2.24, 2.45) is 17.8 Å². The summed E-state index contributed by atoms with van der Waals surface area (Å²) in [6, 6.07) is 12.6. The SMILES string of the molecule is Cc1ccc(N2CC(C(=O)Oc3ccc(N4C(=O)C5CCCCC5C4=O)c(C)c3)CC2=O)cc1. The Morgan fingerprint density at radius 1 is 0.912 bits per heavy atom. The monoisotopic (exact) mass is 460 g/mol. The molecule has 0 bridgehead atoms. The van der Waals surface area contributed by atoms with Gasteiger partial charge in [0.05, 0.1) is 23.4 Å². The Morgan fingerprint density at radius 3 is 2.18 bits per heavy atom. The number of carbonyl (C=O) groups excluding carboxylic acids is 4. The van der Waals surface area contributed by atoms with E-state index < -0.39 is 11.9 Å². The van der Waals surface area contributed by atoms with Crippen LogP contribution in [0, 0.1) is 31.6 Å². The van der Waals surface area contributed by atoms with Crippen molar-refractivity contribution in [1.29, 1.82) is 0 Å². The first-order valence-electron chi connectivity index (χ1n) is 11.9. The first kappa shape index (κ1) is 22.3. The molecule has 2 aliphatic heterocycles. The molecule has 3 fully saturated rings. The summed E-state index contributed by atoms with van der Waals surface area (Å²) in [7, 11) is 0. The summed E-state index contributed by atoms with van der Waals surface area (Å²) in [6.07, 6.45) is 3.59. The maximum absolute atomic E-state index is 12.9. The van der Waals surface area contributed by atoms with E-state index in [1.54, 1.807) is 30.0 Å². The molecule has 1 saturated carbocycles. The van der Waals surface area contributed by atoms with E-state index in [1.165, 1.54) is 4.90 Å². The molecule has 34 heavy (non-hydrogen) atoms. The summed E-state index contributed by atoms with van der Waals surface area (Å²) in [6.45, 7) is 4.05. The van der Waals surface area contributed by atoms with Crippen LogP contribution in [0.2, 0.25) is 0 Å². The number of hydrogen-bond acceptors (Lipinski definition) is 5. The average molecular weight is 461 g/mol. The van der Waals surface area contributed by atoms with E-state index in [9.17, 15) is 19.2 Å². The fourth-order valence-corrected chi connectivity index (χ4v) is 5.38. The zero-order chi connectivity index (χ0) is 24.0. The average Bonchev–Trinajstić information content (AvgIpc) is 3.33. The molecule has 3 aliphatic rings. The van der Waals surface area contributed by atoms with Crippen molar-refractivity contribution in [2.45, 2.75) is 46.0 Å². The molecule has 3 atom stereocenters. The predicted molar refractivity (Wildman–Crippen MR) is 126 cm³/mol. The molecule has 1 aliphatic carbocycles. The number of imide groups is 1. The van der Waals surface area contributed by atoms with Crippen LogP contribution in [0.4, 0.5) is 11.4 Å². The van der Waals surface area contributed by atoms with E-state index in [4.69, 9.17) is 4.74 Å². The quantitative estimate of drug-likeness (QED) is 0.392. The van der Waals surface area contributed by atoms with Gasteiger partial charge in [0, 0.05) is 18.7 Å². The molecule has 2 aromatic rings. The van der Waals surface area contributed by atoms with Crippen LogP contribution in [-0.4, -0.2) is 30.2 Å². The van der Waals surface area contributed by atoms with Gasteiger partial charge in [-0.05, 0) is 62.6 Å². The van der Waals surface area contributed by atoms with Crippen LogP contribution in [0.5, 0.6) is 5.75 Å². The summed E-state index contributed by atoms with van der Waals surface area (Å²) < 4.78 is 5.59. The van der Waals surface area contributed by atoms with E-state index >= 15 is 0 Å². The van der Waals surface area contributed by atoms with Crippen LogP contribution < -0.4 is 14.5 Å². The normalized spacial score (nSPS) is 24.5. The standard InChI is InChI=1S/C27H28N2O5/c1-16-7-9-19(10-8-16)28-15-18(14-24(28)30)27(33)34-20-11-12-23(17(2)13-20)29-25(31)21-5-3-4-6-22(21)26(29)32/h7-13,18,21-22H,3-6,14-15H2,1-2H3. The first-order chi connectivity index (χ1) is 16.3. The molecule has 2 heterocycles. The molecule has 3 amide bonds. The minimum Gasteiger partial charge on any atom is -0.426 e. The Kier molecular flexibility index (Phi) is 5.71. The van der Waals surface area contributed by atoms with Crippen LogP contribution in [-0.2, 0) is 19.2 Å². The van der Waals surface area contributed by atoms with Crippen molar-refractivity contribution in [2.75, 3.05) is 16.3 Å². The molecule has 2 aromatic carbocycles. The van der Waals surface area contributed by atoms with Crippen molar-refractivity contribution < 1.29 is 23.9 Å². The summed E-state index contributed by atoms with van der Waals surface area (Å²) in [5.41, 5.74) is 3.10.